The number of carbonyl (C=O) groups excluding carboxylic acids is 4. The van der Waals surface area contributed by atoms with Crippen LogP contribution in [0.15, 0.2) is 67.3 Å². The third-order valence-corrected chi connectivity index (χ3v) is 6.62. The van der Waals surface area contributed by atoms with Gasteiger partial charge in [0.15, 0.2) is 30.4 Å². The van der Waals surface area contributed by atoms with Crippen molar-refractivity contribution < 1.29 is 52.3 Å². The minimum absolute atomic E-state index is 0.0508. The van der Waals surface area contributed by atoms with Gasteiger partial charge >= 0.3 is 23.9 Å². The Morgan fingerprint density at radius 1 is 0.653 bits per heavy atom. The van der Waals surface area contributed by atoms with Crippen molar-refractivity contribution in [2.45, 2.75) is 58.4 Å². The van der Waals surface area contributed by atoms with E-state index >= 15 is 0 Å². The van der Waals surface area contributed by atoms with Gasteiger partial charge in [-0.1, -0.05) is 29.7 Å². The average Bonchev–Trinajstić information content (AvgIpc) is 3.07. The van der Waals surface area contributed by atoms with E-state index < -0.39 is 54.6 Å². The fourth-order valence-corrected chi connectivity index (χ4v) is 4.67. The van der Waals surface area contributed by atoms with Gasteiger partial charge in [0.1, 0.15) is 19.3 Å². The Kier molecular flexibility index (Phi) is 13.2. The van der Waals surface area contributed by atoms with Crippen LogP contribution in [0.3, 0.4) is 0 Å². The zero-order valence-electron chi connectivity index (χ0n) is 27.2. The minimum atomic E-state index is -1.36. The number of hydrogen-bond donors (Lipinski definition) is 0. The van der Waals surface area contributed by atoms with Gasteiger partial charge in [0, 0.05) is 63.6 Å². The smallest absolute Gasteiger partial charge is 0.303 e. The fraction of sp³-hybridized carbons (Fsp3) is 0.333. The lowest BCUT2D eigenvalue weighted by molar-refractivity contribution is -0.308. The highest BCUT2D eigenvalue weighted by Gasteiger charge is 2.52. The number of para-hydroxylation sites is 1. The summed E-state index contributed by atoms with van der Waals surface area (Å²) in [5.74, 6) is 9.98. The highest BCUT2D eigenvalue weighted by Crippen LogP contribution is 2.30. The normalized spacial score (nSPS) is 19.5. The standard InChI is InChI=1S/C36H34N2O11/c1-23(39)45-22-31-33(46-24(2)40)34(47-25(3)41)35(48-26(4)42)36(49-31)44-21-20-43-32-29(10-8-27-12-16-37-17-13-27)6-5-7-30(32)11-9-28-14-18-38-19-15-28/h5-7,12-19,31,33-36H,20-22H2,1-4H3/t31-,33-,34+,35-,36?/m1/s1. The molecule has 0 spiro atoms. The van der Waals surface area contributed by atoms with Gasteiger partial charge in [-0.25, -0.2) is 0 Å². The Hall–Kier alpha value is -5.76. The predicted octanol–water partition coefficient (Wildman–Crippen LogP) is 2.75. The van der Waals surface area contributed by atoms with Crippen molar-refractivity contribution in [1.29, 1.82) is 0 Å². The quantitative estimate of drug-likeness (QED) is 0.134. The van der Waals surface area contributed by atoms with Crippen molar-refractivity contribution in [1.82, 2.24) is 9.97 Å². The first-order valence-electron chi connectivity index (χ1n) is 15.1. The van der Waals surface area contributed by atoms with Crippen LogP contribution in [0.2, 0.25) is 0 Å². The van der Waals surface area contributed by atoms with Crippen LogP contribution in [0.5, 0.6) is 5.75 Å². The molecule has 1 unspecified atom stereocenters. The number of esters is 4. The summed E-state index contributed by atoms with van der Waals surface area (Å²) >= 11 is 0. The maximum Gasteiger partial charge on any atom is 0.303 e. The van der Waals surface area contributed by atoms with Gasteiger partial charge in [-0.05, 0) is 36.4 Å². The summed E-state index contributed by atoms with van der Waals surface area (Å²) < 4.78 is 39.6. The topological polar surface area (TPSA) is 159 Å². The second-order valence-corrected chi connectivity index (χ2v) is 10.4. The van der Waals surface area contributed by atoms with E-state index in [1.807, 2.05) is 6.07 Å². The molecular weight excluding hydrogens is 636 g/mol. The lowest BCUT2D eigenvalue weighted by Gasteiger charge is -2.44. The summed E-state index contributed by atoms with van der Waals surface area (Å²) in [6.07, 6.45) is 0.0575. The number of rotatable bonds is 10. The molecule has 0 amide bonds. The molecule has 1 saturated heterocycles. The summed E-state index contributed by atoms with van der Waals surface area (Å²) in [7, 11) is 0. The number of nitrogens with zero attached hydrogens (tertiary/aromatic N) is 2. The van der Waals surface area contributed by atoms with Crippen LogP contribution in [0.4, 0.5) is 0 Å². The molecule has 1 aromatic carbocycles. The number of ether oxygens (including phenoxy) is 7. The van der Waals surface area contributed by atoms with E-state index in [0.717, 1.165) is 31.9 Å². The molecular formula is C36H34N2O11. The molecule has 0 radical (unpaired) electrons. The first-order valence-corrected chi connectivity index (χ1v) is 15.1. The van der Waals surface area contributed by atoms with Crippen LogP contribution < -0.4 is 4.74 Å². The Morgan fingerprint density at radius 2 is 1.16 bits per heavy atom. The van der Waals surface area contributed by atoms with Gasteiger partial charge in [0.05, 0.1) is 17.7 Å². The molecule has 3 aromatic rings. The molecule has 5 atom stereocenters. The summed E-state index contributed by atoms with van der Waals surface area (Å²) in [5, 5.41) is 0. The Balaban J connectivity index is 1.59. The Labute approximate surface area is 283 Å². The molecule has 0 N–H and O–H groups in total. The molecule has 49 heavy (non-hydrogen) atoms. The van der Waals surface area contributed by atoms with Crippen molar-refractivity contribution in [2.24, 2.45) is 0 Å². The van der Waals surface area contributed by atoms with Crippen molar-refractivity contribution in [2.75, 3.05) is 19.8 Å². The summed E-state index contributed by atoms with van der Waals surface area (Å²) in [6.45, 7) is 4.06. The van der Waals surface area contributed by atoms with Crippen LogP contribution in [0.1, 0.15) is 49.9 Å². The van der Waals surface area contributed by atoms with Crippen molar-refractivity contribution in [3.8, 4) is 29.4 Å². The third-order valence-electron chi connectivity index (χ3n) is 6.62. The molecule has 1 aliphatic heterocycles. The second kappa shape index (κ2) is 18.0. The van der Waals surface area contributed by atoms with Gasteiger partial charge in [0.25, 0.3) is 0 Å². The van der Waals surface area contributed by atoms with Crippen molar-refractivity contribution in [3.63, 3.8) is 0 Å². The van der Waals surface area contributed by atoms with E-state index in [-0.39, 0.29) is 19.8 Å². The van der Waals surface area contributed by atoms with Gasteiger partial charge in [-0.2, -0.15) is 0 Å². The van der Waals surface area contributed by atoms with E-state index in [1.54, 1.807) is 61.2 Å². The highest BCUT2D eigenvalue weighted by molar-refractivity contribution is 5.69. The van der Waals surface area contributed by atoms with E-state index in [0.29, 0.717) is 16.9 Å². The SMILES string of the molecule is CC(=O)OC[C@H]1OC(OCCOc2c(C#Cc3ccncc3)cccc2C#Cc2ccncc2)[C@H](OC(C)=O)[C@@H](OC(C)=O)[C@@H]1OC(C)=O. The maximum atomic E-state index is 12.1. The van der Waals surface area contributed by atoms with Gasteiger partial charge in [-0.3, -0.25) is 29.1 Å². The summed E-state index contributed by atoms with van der Waals surface area (Å²) in [6, 6.07) is 12.5. The number of carbonyl (C=O) groups is 4. The number of benzene rings is 1. The van der Waals surface area contributed by atoms with Crippen molar-refractivity contribution >= 4 is 23.9 Å². The second-order valence-electron chi connectivity index (χ2n) is 10.4. The highest BCUT2D eigenvalue weighted by atomic mass is 16.7. The van der Waals surface area contributed by atoms with Gasteiger partial charge in [0.2, 0.25) is 0 Å². The molecule has 0 saturated carbocycles. The molecule has 13 nitrogen and oxygen atoms in total. The lowest BCUT2D eigenvalue weighted by Crippen LogP contribution is -2.63. The zero-order chi connectivity index (χ0) is 35.2. The monoisotopic (exact) mass is 670 g/mol. The number of pyridine rings is 2. The molecule has 0 bridgehead atoms. The molecule has 1 fully saturated rings. The molecule has 0 aliphatic carbocycles. The average molecular weight is 671 g/mol. The van der Waals surface area contributed by atoms with Crippen LogP contribution in [0, 0.1) is 23.7 Å². The molecule has 1 aliphatic rings. The predicted molar refractivity (Wildman–Crippen MR) is 170 cm³/mol. The van der Waals surface area contributed by atoms with Crippen LogP contribution in [-0.2, 0) is 47.6 Å². The van der Waals surface area contributed by atoms with Crippen LogP contribution >= 0.6 is 0 Å². The largest absolute Gasteiger partial charge is 0.489 e. The Bertz CT molecular complexity index is 1670. The molecule has 13 heteroatoms. The number of hydrogen-bond acceptors (Lipinski definition) is 13. The van der Waals surface area contributed by atoms with Gasteiger partial charge in [-0.15, -0.1) is 0 Å². The van der Waals surface area contributed by atoms with E-state index in [1.165, 1.54) is 6.92 Å². The van der Waals surface area contributed by atoms with Crippen molar-refractivity contribution in [3.05, 3.63) is 89.5 Å². The van der Waals surface area contributed by atoms with E-state index in [2.05, 4.69) is 33.6 Å². The zero-order valence-corrected chi connectivity index (χ0v) is 27.2. The first kappa shape index (κ1) is 36.1. The van der Waals surface area contributed by atoms with Gasteiger partial charge < -0.3 is 33.2 Å². The summed E-state index contributed by atoms with van der Waals surface area (Å²) in [5.41, 5.74) is 2.62. The summed E-state index contributed by atoms with van der Waals surface area (Å²) in [4.78, 5) is 55.9. The molecule has 3 heterocycles. The lowest BCUT2D eigenvalue weighted by atomic mass is 9.98. The fourth-order valence-electron chi connectivity index (χ4n) is 4.67. The van der Waals surface area contributed by atoms with E-state index in [9.17, 15) is 19.2 Å². The third kappa shape index (κ3) is 11.2. The molecule has 254 valence electrons. The Morgan fingerprint density at radius 3 is 1.67 bits per heavy atom. The van der Waals surface area contributed by atoms with Crippen LogP contribution in [-0.4, -0.2) is 84.4 Å². The van der Waals surface area contributed by atoms with Crippen LogP contribution in [0.25, 0.3) is 0 Å². The molecule has 4 rings (SSSR count). The number of aromatic nitrogens is 2. The molecule has 2 aromatic heterocycles. The van der Waals surface area contributed by atoms with E-state index in [4.69, 9.17) is 33.2 Å². The first-order chi connectivity index (χ1) is 23.6. The maximum absolute atomic E-state index is 12.1. The minimum Gasteiger partial charge on any atom is -0.489 e.